The predicted octanol–water partition coefficient (Wildman–Crippen LogP) is 3.59. The van der Waals surface area contributed by atoms with Crippen LogP contribution in [0.15, 0.2) is 0 Å². The number of rotatable bonds is 6. The predicted molar refractivity (Wildman–Crippen MR) is 63.5 cm³/mol. The Morgan fingerprint density at radius 1 is 1.21 bits per heavy atom. The maximum Gasteiger partial charge on any atom is 0.000504 e. The zero-order chi connectivity index (χ0) is 10.4. The second-order valence-electron chi connectivity index (χ2n) is 5.30. The zero-order valence-corrected chi connectivity index (χ0v) is 10.2. The van der Waals surface area contributed by atoms with Crippen LogP contribution in [0.5, 0.6) is 0 Å². The van der Waals surface area contributed by atoms with E-state index < -0.39 is 0 Å². The fourth-order valence-electron chi connectivity index (χ4n) is 2.68. The average Bonchev–Trinajstić information content (AvgIpc) is 2.67. The largest absolute Gasteiger partial charge is 0.316 e. The molecule has 0 saturated heterocycles. The summed E-state index contributed by atoms with van der Waals surface area (Å²) in [6.45, 7) is 9.31. The van der Waals surface area contributed by atoms with E-state index in [1.807, 2.05) is 0 Å². The topological polar surface area (TPSA) is 12.0 Å². The third kappa shape index (κ3) is 3.61. The summed E-state index contributed by atoms with van der Waals surface area (Å²) in [4.78, 5) is 0. The highest BCUT2D eigenvalue weighted by molar-refractivity contribution is 4.81. The highest BCUT2D eigenvalue weighted by atomic mass is 14.9. The molecule has 1 unspecified atom stereocenters. The van der Waals surface area contributed by atoms with Gasteiger partial charge in [-0.15, -0.1) is 0 Å². The molecule has 0 spiro atoms. The van der Waals surface area contributed by atoms with Crippen molar-refractivity contribution in [3.63, 3.8) is 0 Å². The lowest BCUT2D eigenvalue weighted by molar-refractivity contribution is 0.223. The number of nitrogens with one attached hydrogen (secondary N) is 1. The Kier molecular flexibility index (Phi) is 4.94. The summed E-state index contributed by atoms with van der Waals surface area (Å²) >= 11 is 0. The van der Waals surface area contributed by atoms with Gasteiger partial charge in [-0.25, -0.2) is 0 Å². The van der Waals surface area contributed by atoms with Gasteiger partial charge in [-0.2, -0.15) is 0 Å². The van der Waals surface area contributed by atoms with Crippen molar-refractivity contribution in [3.05, 3.63) is 0 Å². The van der Waals surface area contributed by atoms with Gasteiger partial charge in [0.25, 0.3) is 0 Å². The van der Waals surface area contributed by atoms with Crippen molar-refractivity contribution in [1.82, 2.24) is 5.32 Å². The summed E-state index contributed by atoms with van der Waals surface area (Å²) in [5, 5.41) is 3.51. The van der Waals surface area contributed by atoms with E-state index >= 15 is 0 Å². The molecule has 0 aromatic carbocycles. The van der Waals surface area contributed by atoms with Crippen LogP contribution in [0.2, 0.25) is 0 Å². The van der Waals surface area contributed by atoms with E-state index in [1.165, 1.54) is 45.1 Å². The lowest BCUT2D eigenvalue weighted by Gasteiger charge is -2.31. The van der Waals surface area contributed by atoms with Crippen LogP contribution in [0.3, 0.4) is 0 Å². The first-order valence-corrected chi connectivity index (χ1v) is 6.41. The van der Waals surface area contributed by atoms with E-state index in [4.69, 9.17) is 0 Å². The van der Waals surface area contributed by atoms with E-state index in [0.29, 0.717) is 5.41 Å². The van der Waals surface area contributed by atoms with Gasteiger partial charge in [0.2, 0.25) is 0 Å². The molecule has 1 N–H and O–H groups in total. The van der Waals surface area contributed by atoms with Gasteiger partial charge in [-0.3, -0.25) is 0 Å². The Balaban J connectivity index is 2.34. The SMILES string of the molecule is CCNCC(C)(CC)CC1CCCC1. The molecule has 1 aliphatic rings. The standard InChI is InChI=1S/C13H27N/c1-4-13(3,11-14-5-2)10-12-8-6-7-9-12/h12,14H,4-11H2,1-3H3. The van der Waals surface area contributed by atoms with E-state index in [-0.39, 0.29) is 0 Å². The fourth-order valence-corrected chi connectivity index (χ4v) is 2.68. The van der Waals surface area contributed by atoms with Gasteiger partial charge < -0.3 is 5.32 Å². The Morgan fingerprint density at radius 3 is 2.36 bits per heavy atom. The minimum atomic E-state index is 0.547. The average molecular weight is 197 g/mol. The molecule has 0 aliphatic heterocycles. The van der Waals surface area contributed by atoms with Gasteiger partial charge in [0.05, 0.1) is 0 Å². The molecule has 1 aliphatic carbocycles. The molecule has 1 nitrogen and oxygen atoms in total. The van der Waals surface area contributed by atoms with Crippen LogP contribution in [0.1, 0.15) is 59.3 Å². The smallest absolute Gasteiger partial charge is 0.000504 e. The van der Waals surface area contributed by atoms with Gasteiger partial charge in [-0.1, -0.05) is 46.5 Å². The third-order valence-electron chi connectivity index (χ3n) is 3.91. The van der Waals surface area contributed by atoms with E-state index in [9.17, 15) is 0 Å². The summed E-state index contributed by atoms with van der Waals surface area (Å²) < 4.78 is 0. The molecule has 1 heteroatoms. The maximum absolute atomic E-state index is 3.51. The highest BCUT2D eigenvalue weighted by Gasteiger charge is 2.27. The van der Waals surface area contributed by atoms with E-state index in [0.717, 1.165) is 12.5 Å². The van der Waals surface area contributed by atoms with Crippen molar-refractivity contribution in [2.45, 2.75) is 59.3 Å². The summed E-state index contributed by atoms with van der Waals surface area (Å²) in [7, 11) is 0. The van der Waals surface area contributed by atoms with Crippen LogP contribution in [-0.2, 0) is 0 Å². The quantitative estimate of drug-likeness (QED) is 0.686. The molecule has 0 aromatic rings. The second kappa shape index (κ2) is 5.75. The van der Waals surface area contributed by atoms with Crippen LogP contribution in [0, 0.1) is 11.3 Å². The molecule has 1 atom stereocenters. The van der Waals surface area contributed by atoms with E-state index in [2.05, 4.69) is 26.1 Å². The number of hydrogen-bond acceptors (Lipinski definition) is 1. The van der Waals surface area contributed by atoms with Crippen molar-refractivity contribution in [2.24, 2.45) is 11.3 Å². The fraction of sp³-hybridized carbons (Fsp3) is 1.00. The summed E-state index contributed by atoms with van der Waals surface area (Å²) in [5.74, 6) is 1.03. The molecule has 14 heavy (non-hydrogen) atoms. The van der Waals surface area contributed by atoms with Crippen LogP contribution in [0.25, 0.3) is 0 Å². The van der Waals surface area contributed by atoms with E-state index in [1.54, 1.807) is 0 Å². The van der Waals surface area contributed by atoms with Crippen LogP contribution in [-0.4, -0.2) is 13.1 Å². The molecule has 1 rings (SSSR count). The molecule has 0 amide bonds. The van der Waals surface area contributed by atoms with Gasteiger partial charge in [0.1, 0.15) is 0 Å². The Labute approximate surface area is 89.7 Å². The Bertz CT molecular complexity index is 149. The zero-order valence-electron chi connectivity index (χ0n) is 10.2. The molecule has 84 valence electrons. The van der Waals surface area contributed by atoms with Crippen LogP contribution >= 0.6 is 0 Å². The first-order valence-electron chi connectivity index (χ1n) is 6.41. The first kappa shape index (κ1) is 12.0. The van der Waals surface area contributed by atoms with Crippen molar-refractivity contribution < 1.29 is 0 Å². The molecule has 1 fully saturated rings. The van der Waals surface area contributed by atoms with Crippen molar-refractivity contribution in [1.29, 1.82) is 0 Å². The number of hydrogen-bond donors (Lipinski definition) is 1. The molecule has 1 saturated carbocycles. The normalized spacial score (nSPS) is 22.5. The monoisotopic (exact) mass is 197 g/mol. The second-order valence-corrected chi connectivity index (χ2v) is 5.30. The molecule has 0 radical (unpaired) electrons. The minimum Gasteiger partial charge on any atom is -0.316 e. The maximum atomic E-state index is 3.51. The Morgan fingerprint density at radius 2 is 1.86 bits per heavy atom. The highest BCUT2D eigenvalue weighted by Crippen LogP contribution is 2.37. The van der Waals surface area contributed by atoms with Crippen LogP contribution < -0.4 is 5.32 Å². The van der Waals surface area contributed by atoms with Gasteiger partial charge in [0, 0.05) is 6.54 Å². The Hall–Kier alpha value is -0.0400. The van der Waals surface area contributed by atoms with Crippen molar-refractivity contribution >= 4 is 0 Å². The lowest BCUT2D eigenvalue weighted by Crippen LogP contribution is -2.32. The van der Waals surface area contributed by atoms with Crippen molar-refractivity contribution in [3.8, 4) is 0 Å². The molecule has 0 heterocycles. The molecular weight excluding hydrogens is 170 g/mol. The van der Waals surface area contributed by atoms with Gasteiger partial charge in [0.15, 0.2) is 0 Å². The molecule has 0 aromatic heterocycles. The summed E-state index contributed by atoms with van der Waals surface area (Å²) in [6.07, 6.45) is 8.69. The molecule has 0 bridgehead atoms. The third-order valence-corrected chi connectivity index (χ3v) is 3.91. The van der Waals surface area contributed by atoms with Gasteiger partial charge >= 0.3 is 0 Å². The first-order chi connectivity index (χ1) is 6.70. The summed E-state index contributed by atoms with van der Waals surface area (Å²) in [6, 6.07) is 0. The van der Waals surface area contributed by atoms with Gasteiger partial charge in [-0.05, 0) is 30.7 Å². The van der Waals surface area contributed by atoms with Crippen LogP contribution in [0.4, 0.5) is 0 Å². The molecular formula is C13H27N. The minimum absolute atomic E-state index is 0.547. The summed E-state index contributed by atoms with van der Waals surface area (Å²) in [5.41, 5.74) is 0.547. The lowest BCUT2D eigenvalue weighted by atomic mass is 9.78. The van der Waals surface area contributed by atoms with Crippen molar-refractivity contribution in [2.75, 3.05) is 13.1 Å².